The van der Waals surface area contributed by atoms with E-state index in [1.807, 2.05) is 37.3 Å². The number of carbonyl (C=O) groups excluding carboxylic acids is 1. The van der Waals surface area contributed by atoms with Gasteiger partial charge in [-0.1, -0.05) is 35.0 Å². The number of hydrogen-bond donors (Lipinski definition) is 1. The van der Waals surface area contributed by atoms with Crippen LogP contribution in [0.2, 0.25) is 0 Å². The van der Waals surface area contributed by atoms with Gasteiger partial charge in [-0.2, -0.15) is 0 Å². The first-order valence-electron chi connectivity index (χ1n) is 6.47. The average Bonchev–Trinajstić information content (AvgIpc) is 2.41. The van der Waals surface area contributed by atoms with Gasteiger partial charge in [-0.05, 0) is 36.1 Å². The molecule has 4 heteroatoms. The van der Waals surface area contributed by atoms with Crippen molar-refractivity contribution in [2.24, 2.45) is 5.92 Å². The maximum atomic E-state index is 12.0. The molecule has 0 radical (unpaired) electrons. The number of likely N-dealkylation sites (tertiary alicyclic amines) is 1. The zero-order chi connectivity index (χ0) is 13.8. The largest absolute Gasteiger partial charge is 0.393 e. The highest BCUT2D eigenvalue weighted by molar-refractivity contribution is 9.10. The van der Waals surface area contributed by atoms with Crippen molar-refractivity contribution in [2.45, 2.75) is 19.4 Å². The Morgan fingerprint density at radius 3 is 2.74 bits per heavy atom. The molecule has 102 valence electrons. The molecule has 1 fully saturated rings. The molecule has 0 spiro atoms. The SMILES string of the molecule is CC1CN(C(=O)/C=C/c2ccc(Br)cc2)CCC1O. The smallest absolute Gasteiger partial charge is 0.246 e. The standard InChI is InChI=1S/C15H18BrNO2/c1-11-10-17(9-8-14(11)18)15(19)7-4-12-2-5-13(16)6-3-12/h2-7,11,14,18H,8-10H2,1H3/b7-4+. The Kier molecular flexibility index (Phi) is 4.77. The first kappa shape index (κ1) is 14.3. The molecule has 1 saturated heterocycles. The van der Waals surface area contributed by atoms with Crippen LogP contribution in [0, 0.1) is 5.92 Å². The van der Waals surface area contributed by atoms with Crippen molar-refractivity contribution in [1.29, 1.82) is 0 Å². The normalized spacial score (nSPS) is 23.8. The van der Waals surface area contributed by atoms with Crippen molar-refractivity contribution in [3.05, 3.63) is 40.4 Å². The van der Waals surface area contributed by atoms with Gasteiger partial charge in [0.1, 0.15) is 0 Å². The van der Waals surface area contributed by atoms with Crippen LogP contribution in [0.15, 0.2) is 34.8 Å². The predicted molar refractivity (Wildman–Crippen MR) is 79.5 cm³/mol. The summed E-state index contributed by atoms with van der Waals surface area (Å²) in [5, 5.41) is 9.65. The van der Waals surface area contributed by atoms with Crippen molar-refractivity contribution in [2.75, 3.05) is 13.1 Å². The van der Waals surface area contributed by atoms with Gasteiger partial charge in [0.05, 0.1) is 6.10 Å². The lowest BCUT2D eigenvalue weighted by atomic mass is 9.97. The molecule has 0 aromatic heterocycles. The number of carbonyl (C=O) groups is 1. The van der Waals surface area contributed by atoms with Crippen molar-refractivity contribution < 1.29 is 9.90 Å². The highest BCUT2D eigenvalue weighted by atomic mass is 79.9. The van der Waals surface area contributed by atoms with Crippen LogP contribution in [0.25, 0.3) is 6.08 Å². The van der Waals surface area contributed by atoms with Gasteiger partial charge < -0.3 is 10.0 Å². The van der Waals surface area contributed by atoms with Gasteiger partial charge in [0.25, 0.3) is 0 Å². The molecule has 2 rings (SSSR count). The lowest BCUT2D eigenvalue weighted by Gasteiger charge is -2.33. The Hall–Kier alpha value is -1.13. The molecule has 1 aliphatic heterocycles. The van der Waals surface area contributed by atoms with E-state index in [9.17, 15) is 9.90 Å². The summed E-state index contributed by atoms with van der Waals surface area (Å²) in [5.74, 6) is 0.167. The van der Waals surface area contributed by atoms with Gasteiger partial charge in [-0.3, -0.25) is 4.79 Å². The van der Waals surface area contributed by atoms with Crippen LogP contribution < -0.4 is 0 Å². The van der Waals surface area contributed by atoms with E-state index in [2.05, 4.69) is 15.9 Å². The molecule has 1 N–H and O–H groups in total. The number of rotatable bonds is 2. The van der Waals surface area contributed by atoms with Crippen molar-refractivity contribution >= 4 is 27.9 Å². The summed E-state index contributed by atoms with van der Waals surface area (Å²) in [6, 6.07) is 7.81. The van der Waals surface area contributed by atoms with Crippen LogP contribution in [0.3, 0.4) is 0 Å². The number of benzene rings is 1. The Balaban J connectivity index is 1.95. The fourth-order valence-corrected chi connectivity index (χ4v) is 2.44. The number of piperidine rings is 1. The lowest BCUT2D eigenvalue weighted by molar-refractivity contribution is -0.129. The Bertz CT molecular complexity index is 470. The van der Waals surface area contributed by atoms with Crippen LogP contribution in [0.1, 0.15) is 18.9 Å². The van der Waals surface area contributed by atoms with Gasteiger partial charge in [-0.15, -0.1) is 0 Å². The van der Waals surface area contributed by atoms with E-state index < -0.39 is 0 Å². The molecule has 1 heterocycles. The van der Waals surface area contributed by atoms with E-state index in [1.54, 1.807) is 11.0 Å². The molecule has 0 bridgehead atoms. The van der Waals surface area contributed by atoms with Crippen molar-refractivity contribution in [3.63, 3.8) is 0 Å². The van der Waals surface area contributed by atoms with E-state index in [4.69, 9.17) is 0 Å². The highest BCUT2D eigenvalue weighted by Gasteiger charge is 2.25. The van der Waals surface area contributed by atoms with Crippen LogP contribution in [-0.2, 0) is 4.79 Å². The fraction of sp³-hybridized carbons (Fsp3) is 0.400. The summed E-state index contributed by atoms with van der Waals surface area (Å²) in [6.45, 7) is 3.24. The number of amides is 1. The van der Waals surface area contributed by atoms with Crippen LogP contribution in [-0.4, -0.2) is 35.1 Å². The Morgan fingerprint density at radius 1 is 1.42 bits per heavy atom. The Labute approximate surface area is 122 Å². The van der Waals surface area contributed by atoms with E-state index in [-0.39, 0.29) is 17.9 Å². The van der Waals surface area contributed by atoms with Gasteiger partial charge in [0, 0.05) is 23.6 Å². The van der Waals surface area contributed by atoms with E-state index >= 15 is 0 Å². The number of halogens is 1. The second kappa shape index (κ2) is 6.35. The Morgan fingerprint density at radius 2 is 2.11 bits per heavy atom. The third-order valence-corrected chi connectivity index (χ3v) is 3.99. The molecular weight excluding hydrogens is 306 g/mol. The summed E-state index contributed by atoms with van der Waals surface area (Å²) >= 11 is 3.38. The molecule has 0 aliphatic carbocycles. The maximum Gasteiger partial charge on any atom is 0.246 e. The molecule has 1 aromatic carbocycles. The van der Waals surface area contributed by atoms with Gasteiger partial charge >= 0.3 is 0 Å². The number of aliphatic hydroxyl groups is 1. The minimum atomic E-state index is -0.278. The zero-order valence-electron chi connectivity index (χ0n) is 10.9. The van der Waals surface area contributed by atoms with Gasteiger partial charge in [0.15, 0.2) is 0 Å². The molecule has 2 atom stereocenters. The summed E-state index contributed by atoms with van der Waals surface area (Å²) in [4.78, 5) is 13.8. The summed E-state index contributed by atoms with van der Waals surface area (Å²) in [5.41, 5.74) is 1.00. The first-order valence-corrected chi connectivity index (χ1v) is 7.26. The second-order valence-corrected chi connectivity index (χ2v) is 5.92. The number of aliphatic hydroxyl groups excluding tert-OH is 1. The molecule has 1 aliphatic rings. The summed E-state index contributed by atoms with van der Waals surface area (Å²) in [7, 11) is 0. The molecule has 0 saturated carbocycles. The molecule has 1 amide bonds. The van der Waals surface area contributed by atoms with E-state index in [0.29, 0.717) is 19.5 Å². The van der Waals surface area contributed by atoms with Gasteiger partial charge in [-0.25, -0.2) is 0 Å². The summed E-state index contributed by atoms with van der Waals surface area (Å²) in [6.07, 6.45) is 3.82. The average molecular weight is 324 g/mol. The maximum absolute atomic E-state index is 12.0. The molecular formula is C15H18BrNO2. The number of hydrogen-bond acceptors (Lipinski definition) is 2. The molecule has 1 aromatic rings. The minimum Gasteiger partial charge on any atom is -0.393 e. The second-order valence-electron chi connectivity index (χ2n) is 5.00. The van der Waals surface area contributed by atoms with E-state index in [1.165, 1.54) is 0 Å². The predicted octanol–water partition coefficient (Wildman–Crippen LogP) is 2.69. The van der Waals surface area contributed by atoms with Crippen LogP contribution in [0.4, 0.5) is 0 Å². The van der Waals surface area contributed by atoms with Crippen molar-refractivity contribution in [1.82, 2.24) is 4.90 Å². The summed E-state index contributed by atoms with van der Waals surface area (Å²) < 4.78 is 1.02. The lowest BCUT2D eigenvalue weighted by Crippen LogP contribution is -2.44. The monoisotopic (exact) mass is 323 g/mol. The fourth-order valence-electron chi connectivity index (χ4n) is 2.18. The number of nitrogens with zero attached hydrogens (tertiary/aromatic N) is 1. The third-order valence-electron chi connectivity index (χ3n) is 3.46. The zero-order valence-corrected chi connectivity index (χ0v) is 12.5. The first-order chi connectivity index (χ1) is 9.06. The van der Waals surface area contributed by atoms with Crippen LogP contribution >= 0.6 is 15.9 Å². The quantitative estimate of drug-likeness (QED) is 0.850. The highest BCUT2D eigenvalue weighted by Crippen LogP contribution is 2.17. The third kappa shape index (κ3) is 3.91. The molecule has 2 unspecified atom stereocenters. The minimum absolute atomic E-state index is 0.0154. The molecule has 19 heavy (non-hydrogen) atoms. The molecule has 3 nitrogen and oxygen atoms in total. The topological polar surface area (TPSA) is 40.5 Å². The van der Waals surface area contributed by atoms with Gasteiger partial charge in [0.2, 0.25) is 5.91 Å². The van der Waals surface area contributed by atoms with E-state index in [0.717, 1.165) is 10.0 Å². The van der Waals surface area contributed by atoms with Crippen molar-refractivity contribution in [3.8, 4) is 0 Å². The van der Waals surface area contributed by atoms with Crippen LogP contribution in [0.5, 0.6) is 0 Å².